The molecule has 0 aliphatic carbocycles. The molecule has 6 heteroatoms. The highest BCUT2D eigenvalue weighted by molar-refractivity contribution is 7.99. The topological polar surface area (TPSA) is 70.1 Å². The summed E-state index contributed by atoms with van der Waals surface area (Å²) in [5.74, 6) is 0.107. The highest BCUT2D eigenvalue weighted by Crippen LogP contribution is 2.18. The highest BCUT2D eigenvalue weighted by Gasteiger charge is 2.07. The molecule has 0 saturated heterocycles. The Morgan fingerprint density at radius 2 is 1.90 bits per heavy atom. The van der Waals surface area contributed by atoms with Crippen molar-refractivity contribution in [2.45, 2.75) is 51.1 Å². The van der Waals surface area contributed by atoms with Crippen molar-refractivity contribution in [2.75, 3.05) is 5.75 Å². The molecule has 0 aliphatic rings. The van der Waals surface area contributed by atoms with Gasteiger partial charge in [0.25, 0.3) is 5.91 Å². The third-order valence-electron chi connectivity index (χ3n) is 4.75. The smallest absolute Gasteiger partial charge is 0.250 e. The number of benzene rings is 2. The van der Waals surface area contributed by atoms with Crippen molar-refractivity contribution in [3.63, 3.8) is 0 Å². The largest absolute Gasteiger partial charge is 0.333 e. The summed E-state index contributed by atoms with van der Waals surface area (Å²) >= 11 is 1.37. The molecule has 3 aromatic rings. The molecule has 2 N–H and O–H groups in total. The van der Waals surface area contributed by atoms with E-state index in [-0.39, 0.29) is 11.7 Å². The minimum atomic E-state index is -0.151. The molecular formula is C23H28N4OS. The molecule has 0 fully saturated rings. The summed E-state index contributed by atoms with van der Waals surface area (Å²) in [7, 11) is 0. The number of carbonyl (C=O) groups excluding carboxylic acids is 1. The third kappa shape index (κ3) is 6.46. The van der Waals surface area contributed by atoms with Crippen LogP contribution in [0.5, 0.6) is 0 Å². The molecule has 2 aromatic carbocycles. The van der Waals surface area contributed by atoms with Crippen molar-refractivity contribution in [2.24, 2.45) is 5.10 Å². The molecule has 1 heterocycles. The number of rotatable bonds is 10. The summed E-state index contributed by atoms with van der Waals surface area (Å²) in [5, 5.41) is 4.97. The van der Waals surface area contributed by atoms with Gasteiger partial charge in [-0.3, -0.25) is 4.79 Å². The van der Waals surface area contributed by atoms with E-state index in [2.05, 4.69) is 51.7 Å². The number of hydrogen-bond donors (Lipinski definition) is 2. The van der Waals surface area contributed by atoms with Crippen molar-refractivity contribution >= 4 is 34.4 Å². The first-order valence-electron chi connectivity index (χ1n) is 10.2. The molecule has 0 aliphatic heterocycles. The van der Waals surface area contributed by atoms with Crippen molar-refractivity contribution < 1.29 is 4.79 Å². The second-order valence-electron chi connectivity index (χ2n) is 7.09. The fraction of sp³-hybridized carbons (Fsp3) is 0.348. The Hall–Kier alpha value is -2.60. The van der Waals surface area contributed by atoms with E-state index in [4.69, 9.17) is 0 Å². The monoisotopic (exact) mass is 408 g/mol. The van der Waals surface area contributed by atoms with Gasteiger partial charge in [0, 0.05) is 0 Å². The first-order chi connectivity index (χ1) is 14.2. The van der Waals surface area contributed by atoms with Crippen LogP contribution < -0.4 is 5.43 Å². The van der Waals surface area contributed by atoms with Crippen LogP contribution in [-0.4, -0.2) is 27.3 Å². The van der Waals surface area contributed by atoms with Gasteiger partial charge >= 0.3 is 0 Å². The van der Waals surface area contributed by atoms with Crippen LogP contribution in [0.3, 0.4) is 0 Å². The maximum atomic E-state index is 12.1. The summed E-state index contributed by atoms with van der Waals surface area (Å²) < 4.78 is 0. The average Bonchev–Trinajstić information content (AvgIpc) is 3.17. The van der Waals surface area contributed by atoms with Crippen molar-refractivity contribution in [3.8, 4) is 0 Å². The molecule has 1 aromatic heterocycles. The second-order valence-corrected chi connectivity index (χ2v) is 8.05. The summed E-state index contributed by atoms with van der Waals surface area (Å²) in [6.45, 7) is 4.14. The number of aromatic nitrogens is 2. The Morgan fingerprint density at radius 1 is 1.10 bits per heavy atom. The Kier molecular flexibility index (Phi) is 7.87. The number of H-pyrrole nitrogens is 1. The second kappa shape index (κ2) is 10.8. The Labute approximate surface area is 176 Å². The van der Waals surface area contributed by atoms with Crippen LogP contribution in [0.1, 0.15) is 50.7 Å². The van der Waals surface area contributed by atoms with E-state index in [1.807, 2.05) is 31.2 Å². The van der Waals surface area contributed by atoms with Gasteiger partial charge in [0.15, 0.2) is 5.16 Å². The number of aryl methyl sites for hydroxylation is 1. The first-order valence-corrected chi connectivity index (χ1v) is 11.1. The maximum absolute atomic E-state index is 12.1. The number of amides is 1. The van der Waals surface area contributed by atoms with E-state index in [0.717, 1.165) is 33.9 Å². The molecule has 29 heavy (non-hydrogen) atoms. The fourth-order valence-corrected chi connectivity index (χ4v) is 3.72. The number of unbranched alkanes of at least 4 members (excludes halogenated alkanes) is 3. The van der Waals surface area contributed by atoms with E-state index < -0.39 is 0 Å². The lowest BCUT2D eigenvalue weighted by atomic mass is 10.0. The standard InChI is InChI=1S/C23H28N4OS/c1-3-4-5-6-9-18-12-14-19(15-13-18)17(2)26-27-22(28)16-29-23-24-20-10-7-8-11-21(20)25-23/h7-8,10-15H,3-6,9,16H2,1-2H3,(H,24,25)(H,27,28)/b26-17+. The van der Waals surface area contributed by atoms with Gasteiger partial charge in [-0.2, -0.15) is 5.10 Å². The molecule has 5 nitrogen and oxygen atoms in total. The van der Waals surface area contributed by atoms with Crippen LogP contribution in [0.25, 0.3) is 11.0 Å². The lowest BCUT2D eigenvalue weighted by molar-refractivity contribution is -0.118. The van der Waals surface area contributed by atoms with Gasteiger partial charge < -0.3 is 4.98 Å². The van der Waals surface area contributed by atoms with Gasteiger partial charge in [-0.25, -0.2) is 10.4 Å². The van der Waals surface area contributed by atoms with Gasteiger partial charge in [0.1, 0.15) is 0 Å². The quantitative estimate of drug-likeness (QED) is 0.206. The van der Waals surface area contributed by atoms with E-state index >= 15 is 0 Å². The molecule has 3 rings (SSSR count). The number of hydrazone groups is 1. The third-order valence-corrected chi connectivity index (χ3v) is 5.62. The fourth-order valence-electron chi connectivity index (χ4n) is 3.04. The van der Waals surface area contributed by atoms with Crippen LogP contribution in [0.2, 0.25) is 0 Å². The van der Waals surface area contributed by atoms with E-state index in [9.17, 15) is 4.79 Å². The summed E-state index contributed by atoms with van der Waals surface area (Å²) in [6, 6.07) is 16.3. The number of carbonyl (C=O) groups is 1. The zero-order valence-electron chi connectivity index (χ0n) is 17.1. The van der Waals surface area contributed by atoms with Crippen LogP contribution in [0, 0.1) is 0 Å². The van der Waals surface area contributed by atoms with Crippen molar-refractivity contribution in [3.05, 3.63) is 59.7 Å². The number of para-hydroxylation sites is 2. The molecule has 0 bridgehead atoms. The predicted molar refractivity (Wildman–Crippen MR) is 121 cm³/mol. The number of thioether (sulfide) groups is 1. The highest BCUT2D eigenvalue weighted by atomic mass is 32.2. The van der Waals surface area contributed by atoms with Gasteiger partial charge in [0.05, 0.1) is 22.5 Å². The minimum Gasteiger partial charge on any atom is -0.333 e. The molecule has 152 valence electrons. The van der Waals surface area contributed by atoms with Crippen molar-refractivity contribution in [1.29, 1.82) is 0 Å². The summed E-state index contributed by atoms with van der Waals surface area (Å²) in [4.78, 5) is 19.8. The Balaban J connectivity index is 1.46. The van der Waals surface area contributed by atoms with E-state index in [1.165, 1.54) is 43.0 Å². The molecule has 0 radical (unpaired) electrons. The van der Waals surface area contributed by atoms with Crippen molar-refractivity contribution in [1.82, 2.24) is 15.4 Å². The van der Waals surface area contributed by atoms with E-state index in [1.54, 1.807) is 0 Å². The number of hydrogen-bond acceptors (Lipinski definition) is 4. The van der Waals surface area contributed by atoms with Gasteiger partial charge in [0.2, 0.25) is 0 Å². The molecular weight excluding hydrogens is 380 g/mol. The molecule has 0 spiro atoms. The van der Waals surface area contributed by atoms with E-state index in [0.29, 0.717) is 0 Å². The number of aromatic amines is 1. The number of imidazole rings is 1. The summed E-state index contributed by atoms with van der Waals surface area (Å²) in [6.07, 6.45) is 6.21. The molecule has 0 unspecified atom stereocenters. The van der Waals surface area contributed by atoms with Gasteiger partial charge in [-0.05, 0) is 43.0 Å². The lowest BCUT2D eigenvalue weighted by Crippen LogP contribution is -2.21. The molecule has 1 amide bonds. The SMILES string of the molecule is CCCCCCc1ccc(/C(C)=N/NC(=O)CSc2nc3ccccc3[nH]2)cc1. The number of fused-ring (bicyclic) bond motifs is 1. The first kappa shape index (κ1) is 21.1. The normalized spacial score (nSPS) is 11.7. The molecule has 0 atom stereocenters. The van der Waals surface area contributed by atoms with Gasteiger partial charge in [-0.15, -0.1) is 0 Å². The Morgan fingerprint density at radius 3 is 2.66 bits per heavy atom. The van der Waals surface area contributed by atoms with Crippen LogP contribution in [0.4, 0.5) is 0 Å². The average molecular weight is 409 g/mol. The van der Waals surface area contributed by atoms with Gasteiger partial charge in [-0.1, -0.05) is 74.3 Å². The maximum Gasteiger partial charge on any atom is 0.250 e. The summed E-state index contributed by atoms with van der Waals surface area (Å²) in [5.41, 5.74) is 7.67. The van der Waals surface area contributed by atoms with Crippen LogP contribution in [0.15, 0.2) is 58.8 Å². The predicted octanol–water partition coefficient (Wildman–Crippen LogP) is 5.32. The zero-order valence-corrected chi connectivity index (χ0v) is 17.9. The Bertz CT molecular complexity index is 929. The number of nitrogens with zero attached hydrogens (tertiary/aromatic N) is 2. The van der Waals surface area contributed by atoms with Crippen LogP contribution >= 0.6 is 11.8 Å². The minimum absolute atomic E-state index is 0.151. The molecule has 0 saturated carbocycles. The van der Waals surface area contributed by atoms with Crippen LogP contribution in [-0.2, 0) is 11.2 Å². The zero-order chi connectivity index (χ0) is 20.5. The number of nitrogens with one attached hydrogen (secondary N) is 2. The lowest BCUT2D eigenvalue weighted by Gasteiger charge is -2.05.